The predicted molar refractivity (Wildman–Crippen MR) is 102 cm³/mol. The second-order valence-electron chi connectivity index (χ2n) is 6.12. The van der Waals surface area contributed by atoms with Crippen LogP contribution >= 0.6 is 0 Å². The number of carbonyl (C=O) groups is 3. The number of carbonyl (C=O) groups excluding carboxylic acids is 2. The first-order chi connectivity index (χ1) is 13.5. The van der Waals surface area contributed by atoms with Crippen molar-refractivity contribution in [2.75, 3.05) is 0 Å². The molecule has 2 aromatic carbocycles. The van der Waals surface area contributed by atoms with E-state index >= 15 is 0 Å². The maximum atomic E-state index is 11.8. The SMILES string of the molecule is O=C(CCCCCC(NC(=O)Oc1ccccc1)C(=O)O)Oc1ccccc1. The highest BCUT2D eigenvalue weighted by atomic mass is 16.6. The molecule has 0 saturated heterocycles. The Hall–Kier alpha value is -3.35. The van der Waals surface area contributed by atoms with Gasteiger partial charge in [0.05, 0.1) is 0 Å². The van der Waals surface area contributed by atoms with Crippen molar-refractivity contribution < 1.29 is 29.0 Å². The summed E-state index contributed by atoms with van der Waals surface area (Å²) in [5.41, 5.74) is 0. The molecule has 0 saturated carbocycles. The number of amides is 1. The summed E-state index contributed by atoms with van der Waals surface area (Å²) < 4.78 is 10.2. The zero-order chi connectivity index (χ0) is 20.2. The first-order valence-corrected chi connectivity index (χ1v) is 9.06. The molecular formula is C21H23NO6. The number of benzene rings is 2. The quantitative estimate of drug-likeness (QED) is 0.367. The van der Waals surface area contributed by atoms with Gasteiger partial charge in [0.15, 0.2) is 0 Å². The fraction of sp³-hybridized carbons (Fsp3) is 0.286. The molecular weight excluding hydrogens is 362 g/mol. The zero-order valence-corrected chi connectivity index (χ0v) is 15.4. The molecule has 7 heteroatoms. The molecule has 2 aromatic rings. The third-order valence-electron chi connectivity index (χ3n) is 3.89. The summed E-state index contributed by atoms with van der Waals surface area (Å²) >= 11 is 0. The molecule has 1 atom stereocenters. The van der Waals surface area contributed by atoms with Gasteiger partial charge in [-0.25, -0.2) is 9.59 Å². The van der Waals surface area contributed by atoms with Crippen molar-refractivity contribution >= 4 is 18.0 Å². The van der Waals surface area contributed by atoms with Crippen molar-refractivity contribution in [1.29, 1.82) is 0 Å². The van der Waals surface area contributed by atoms with E-state index < -0.39 is 18.1 Å². The highest BCUT2D eigenvalue weighted by Crippen LogP contribution is 2.12. The molecule has 0 aliphatic rings. The van der Waals surface area contributed by atoms with Crippen molar-refractivity contribution in [3.63, 3.8) is 0 Å². The standard InChI is InChI=1S/C21H23NO6/c23-19(27-16-10-4-1-5-11-16)15-9-3-8-14-18(20(24)25)22-21(26)28-17-12-6-2-7-13-17/h1-2,4-7,10-13,18H,3,8-9,14-15H2,(H,22,26)(H,24,25). The van der Waals surface area contributed by atoms with E-state index in [9.17, 15) is 19.5 Å². The Morgan fingerprint density at radius 3 is 1.96 bits per heavy atom. The van der Waals surface area contributed by atoms with Gasteiger partial charge in [-0.3, -0.25) is 4.79 Å². The van der Waals surface area contributed by atoms with Crippen LogP contribution < -0.4 is 14.8 Å². The molecule has 0 bridgehead atoms. The molecule has 2 rings (SSSR count). The van der Waals surface area contributed by atoms with E-state index in [1.54, 1.807) is 54.6 Å². The van der Waals surface area contributed by atoms with E-state index in [0.29, 0.717) is 30.8 Å². The molecule has 148 valence electrons. The number of para-hydroxylation sites is 2. The number of nitrogens with one attached hydrogen (secondary N) is 1. The van der Waals surface area contributed by atoms with Gasteiger partial charge in [0.25, 0.3) is 0 Å². The molecule has 7 nitrogen and oxygen atoms in total. The monoisotopic (exact) mass is 385 g/mol. The Morgan fingerprint density at radius 1 is 0.821 bits per heavy atom. The Morgan fingerprint density at radius 2 is 1.39 bits per heavy atom. The molecule has 0 heterocycles. The van der Waals surface area contributed by atoms with E-state index in [-0.39, 0.29) is 18.8 Å². The number of ether oxygens (including phenoxy) is 2. The van der Waals surface area contributed by atoms with E-state index in [1.165, 1.54) is 0 Å². The predicted octanol–water partition coefficient (Wildman–Crippen LogP) is 3.78. The maximum Gasteiger partial charge on any atom is 0.413 e. The van der Waals surface area contributed by atoms with Crippen LogP contribution in [0.15, 0.2) is 60.7 Å². The Balaban J connectivity index is 1.65. The lowest BCUT2D eigenvalue weighted by Crippen LogP contribution is -2.42. The average molecular weight is 385 g/mol. The van der Waals surface area contributed by atoms with Crippen LogP contribution in [0.25, 0.3) is 0 Å². The van der Waals surface area contributed by atoms with Crippen LogP contribution in [-0.4, -0.2) is 29.2 Å². The fourth-order valence-corrected chi connectivity index (χ4v) is 2.49. The topological polar surface area (TPSA) is 102 Å². The molecule has 0 aliphatic heterocycles. The summed E-state index contributed by atoms with van der Waals surface area (Å²) in [6.45, 7) is 0. The molecule has 2 N–H and O–H groups in total. The second kappa shape index (κ2) is 11.4. The van der Waals surface area contributed by atoms with Crippen molar-refractivity contribution in [3.05, 3.63) is 60.7 Å². The van der Waals surface area contributed by atoms with Gasteiger partial charge < -0.3 is 19.9 Å². The van der Waals surface area contributed by atoms with Crippen molar-refractivity contribution in [2.24, 2.45) is 0 Å². The van der Waals surface area contributed by atoms with Crippen LogP contribution in [0.2, 0.25) is 0 Å². The number of hydrogen-bond donors (Lipinski definition) is 2. The lowest BCUT2D eigenvalue weighted by Gasteiger charge is -2.14. The number of unbranched alkanes of at least 4 members (excludes halogenated alkanes) is 2. The van der Waals surface area contributed by atoms with Crippen LogP contribution in [0.4, 0.5) is 4.79 Å². The first-order valence-electron chi connectivity index (χ1n) is 9.06. The van der Waals surface area contributed by atoms with E-state index in [4.69, 9.17) is 9.47 Å². The molecule has 0 aliphatic carbocycles. The minimum Gasteiger partial charge on any atom is -0.480 e. The smallest absolute Gasteiger partial charge is 0.413 e. The van der Waals surface area contributed by atoms with Crippen LogP contribution in [0.3, 0.4) is 0 Å². The molecule has 1 unspecified atom stereocenters. The van der Waals surface area contributed by atoms with Gasteiger partial charge in [-0.1, -0.05) is 49.2 Å². The highest BCUT2D eigenvalue weighted by molar-refractivity contribution is 5.80. The summed E-state index contributed by atoms with van der Waals surface area (Å²) in [6, 6.07) is 16.2. The number of hydrogen-bond acceptors (Lipinski definition) is 5. The normalized spacial score (nSPS) is 11.3. The number of aliphatic carboxylic acids is 1. The average Bonchev–Trinajstić information content (AvgIpc) is 2.68. The third kappa shape index (κ3) is 7.90. The number of rotatable bonds is 10. The summed E-state index contributed by atoms with van der Waals surface area (Å²) in [6.07, 6.45) is 1.44. The molecule has 28 heavy (non-hydrogen) atoms. The Bertz CT molecular complexity index is 763. The lowest BCUT2D eigenvalue weighted by atomic mass is 10.1. The van der Waals surface area contributed by atoms with E-state index in [0.717, 1.165) is 0 Å². The number of carboxylic acid groups (broad SMARTS) is 1. The fourth-order valence-electron chi connectivity index (χ4n) is 2.49. The molecule has 0 aromatic heterocycles. The van der Waals surface area contributed by atoms with Gasteiger partial charge in [0.2, 0.25) is 0 Å². The van der Waals surface area contributed by atoms with Crippen LogP contribution in [0, 0.1) is 0 Å². The van der Waals surface area contributed by atoms with Gasteiger partial charge in [-0.05, 0) is 37.1 Å². The van der Waals surface area contributed by atoms with Gasteiger partial charge in [0, 0.05) is 6.42 Å². The second-order valence-corrected chi connectivity index (χ2v) is 6.12. The lowest BCUT2D eigenvalue weighted by molar-refractivity contribution is -0.139. The summed E-state index contributed by atoms with van der Waals surface area (Å²) in [7, 11) is 0. The van der Waals surface area contributed by atoms with E-state index in [2.05, 4.69) is 5.32 Å². The van der Waals surface area contributed by atoms with Gasteiger partial charge in [-0.15, -0.1) is 0 Å². The van der Waals surface area contributed by atoms with Crippen molar-refractivity contribution in [2.45, 2.75) is 38.1 Å². The molecule has 1 amide bonds. The van der Waals surface area contributed by atoms with E-state index in [1.807, 2.05) is 6.07 Å². The number of carboxylic acids is 1. The Labute approximate surface area is 163 Å². The highest BCUT2D eigenvalue weighted by Gasteiger charge is 2.20. The molecule has 0 fully saturated rings. The third-order valence-corrected chi connectivity index (χ3v) is 3.89. The Kier molecular flexibility index (Phi) is 8.52. The van der Waals surface area contributed by atoms with Crippen LogP contribution in [0.5, 0.6) is 11.5 Å². The summed E-state index contributed by atoms with van der Waals surface area (Å²) in [4.78, 5) is 34.9. The van der Waals surface area contributed by atoms with Gasteiger partial charge >= 0.3 is 18.0 Å². The van der Waals surface area contributed by atoms with Crippen LogP contribution in [0.1, 0.15) is 32.1 Å². The molecule has 0 radical (unpaired) electrons. The van der Waals surface area contributed by atoms with Gasteiger partial charge in [0.1, 0.15) is 17.5 Å². The van der Waals surface area contributed by atoms with Crippen LogP contribution in [-0.2, 0) is 9.59 Å². The number of esters is 1. The van der Waals surface area contributed by atoms with Crippen molar-refractivity contribution in [1.82, 2.24) is 5.32 Å². The molecule has 0 spiro atoms. The largest absolute Gasteiger partial charge is 0.480 e. The minimum atomic E-state index is -1.13. The van der Waals surface area contributed by atoms with Crippen molar-refractivity contribution in [3.8, 4) is 11.5 Å². The maximum absolute atomic E-state index is 11.8. The van der Waals surface area contributed by atoms with Gasteiger partial charge in [-0.2, -0.15) is 0 Å². The minimum absolute atomic E-state index is 0.243. The summed E-state index contributed by atoms with van der Waals surface area (Å²) in [5, 5.41) is 11.6. The summed E-state index contributed by atoms with van der Waals surface area (Å²) in [5.74, 6) is -0.625. The zero-order valence-electron chi connectivity index (χ0n) is 15.4. The first kappa shape index (κ1) is 21.0.